The minimum absolute atomic E-state index is 0.632. The summed E-state index contributed by atoms with van der Waals surface area (Å²) in [7, 11) is 0. The van der Waals surface area contributed by atoms with Crippen LogP contribution in [0.2, 0.25) is 0 Å². The summed E-state index contributed by atoms with van der Waals surface area (Å²) < 4.78 is 6.53. The van der Waals surface area contributed by atoms with Crippen LogP contribution in [0.15, 0.2) is 174 Å². The molecule has 0 bridgehead atoms. The summed E-state index contributed by atoms with van der Waals surface area (Å²) in [5.41, 5.74) is 8.35. The number of hydrogen-bond acceptors (Lipinski definition) is 3. The molecule has 0 aliphatic heterocycles. The van der Waals surface area contributed by atoms with E-state index >= 15 is 0 Å². The fraction of sp³-hybridized carbons (Fsp3) is 0. The second kappa shape index (κ2) is 10.8. The number of rotatable bonds is 5. The molecule has 3 nitrogen and oxygen atoms in total. The molecule has 1 heterocycles. The molecule has 0 unspecified atom stereocenters. The Labute approximate surface area is 266 Å². The molecule has 46 heavy (non-hydrogen) atoms. The van der Waals surface area contributed by atoms with Gasteiger partial charge in [-0.2, -0.15) is 0 Å². The average Bonchev–Trinajstić information content (AvgIpc) is 3.58. The maximum Gasteiger partial charge on any atom is 0.227 e. The van der Waals surface area contributed by atoms with Crippen molar-refractivity contribution >= 4 is 60.5 Å². The lowest BCUT2D eigenvalue weighted by Crippen LogP contribution is -2.10. The first-order valence-electron chi connectivity index (χ1n) is 15.6. The molecular weight excluding hydrogens is 560 g/mol. The quantitative estimate of drug-likeness (QED) is 0.187. The van der Waals surface area contributed by atoms with E-state index in [4.69, 9.17) is 9.40 Å². The van der Waals surface area contributed by atoms with E-state index in [2.05, 4.69) is 144 Å². The van der Waals surface area contributed by atoms with Crippen LogP contribution in [0.5, 0.6) is 0 Å². The Morgan fingerprint density at radius 3 is 1.87 bits per heavy atom. The molecule has 0 amide bonds. The van der Waals surface area contributed by atoms with Crippen LogP contribution in [0, 0.1) is 0 Å². The lowest BCUT2D eigenvalue weighted by atomic mass is 9.96. The number of aromatic nitrogens is 1. The fourth-order valence-corrected chi connectivity index (χ4v) is 6.70. The molecule has 0 saturated carbocycles. The molecule has 0 N–H and O–H groups in total. The van der Waals surface area contributed by atoms with Gasteiger partial charge in [0.25, 0.3) is 0 Å². The van der Waals surface area contributed by atoms with Gasteiger partial charge in [0.1, 0.15) is 5.52 Å². The number of hydrogen-bond donors (Lipinski definition) is 0. The Morgan fingerprint density at radius 2 is 1.09 bits per heavy atom. The summed E-state index contributed by atoms with van der Waals surface area (Å²) in [6.07, 6.45) is 0. The van der Waals surface area contributed by atoms with E-state index in [1.165, 1.54) is 21.9 Å². The maximum atomic E-state index is 6.53. The van der Waals surface area contributed by atoms with E-state index in [9.17, 15) is 0 Å². The number of fused-ring (bicyclic) bond motifs is 6. The van der Waals surface area contributed by atoms with Crippen LogP contribution in [0.25, 0.3) is 66.0 Å². The van der Waals surface area contributed by atoms with E-state index < -0.39 is 0 Å². The van der Waals surface area contributed by atoms with Crippen LogP contribution in [0.1, 0.15) is 0 Å². The van der Waals surface area contributed by atoms with E-state index in [1.807, 2.05) is 30.3 Å². The highest BCUT2D eigenvalue weighted by Gasteiger charge is 2.19. The van der Waals surface area contributed by atoms with Crippen LogP contribution in [0.3, 0.4) is 0 Å². The zero-order valence-corrected chi connectivity index (χ0v) is 25.0. The van der Waals surface area contributed by atoms with Crippen molar-refractivity contribution in [3.63, 3.8) is 0 Å². The van der Waals surface area contributed by atoms with Gasteiger partial charge in [-0.25, -0.2) is 4.98 Å². The van der Waals surface area contributed by atoms with Gasteiger partial charge in [0.15, 0.2) is 5.58 Å². The molecule has 9 aromatic rings. The van der Waals surface area contributed by atoms with Crippen molar-refractivity contribution in [3.05, 3.63) is 170 Å². The second-order valence-corrected chi connectivity index (χ2v) is 11.6. The highest BCUT2D eigenvalue weighted by atomic mass is 16.3. The van der Waals surface area contributed by atoms with E-state index in [0.29, 0.717) is 5.89 Å². The number of nitrogens with zero attached hydrogens (tertiary/aromatic N) is 2. The molecule has 0 aliphatic carbocycles. The van der Waals surface area contributed by atoms with Crippen LogP contribution in [-0.2, 0) is 0 Å². The second-order valence-electron chi connectivity index (χ2n) is 11.6. The molecule has 216 valence electrons. The Kier molecular flexibility index (Phi) is 6.14. The SMILES string of the molecule is c1ccc(-c2nc3ccc4ccc5ccc(N(c6ccccc6)c6ccc(-c7ccccc7)c7ccccc67)cc5c4c3o2)cc1. The Hall–Kier alpha value is -6.19. The predicted molar refractivity (Wildman–Crippen MR) is 192 cm³/mol. The van der Waals surface area contributed by atoms with Crippen molar-refractivity contribution in [2.75, 3.05) is 4.90 Å². The zero-order chi connectivity index (χ0) is 30.5. The third-order valence-corrected chi connectivity index (χ3v) is 8.86. The Balaban J connectivity index is 1.29. The first-order chi connectivity index (χ1) is 22.8. The van der Waals surface area contributed by atoms with Gasteiger partial charge < -0.3 is 9.32 Å². The van der Waals surface area contributed by atoms with Crippen LogP contribution < -0.4 is 4.90 Å². The van der Waals surface area contributed by atoms with E-state index in [-0.39, 0.29) is 0 Å². The molecule has 3 heteroatoms. The van der Waals surface area contributed by atoms with Crippen molar-refractivity contribution in [3.8, 4) is 22.6 Å². The van der Waals surface area contributed by atoms with Crippen LogP contribution in [-0.4, -0.2) is 4.98 Å². The van der Waals surface area contributed by atoms with Gasteiger partial charge in [-0.15, -0.1) is 0 Å². The number of para-hydroxylation sites is 1. The first-order valence-corrected chi connectivity index (χ1v) is 15.6. The fourth-order valence-electron chi connectivity index (χ4n) is 6.70. The normalized spacial score (nSPS) is 11.5. The molecule has 0 atom stereocenters. The van der Waals surface area contributed by atoms with Gasteiger partial charge in [0.2, 0.25) is 5.89 Å². The smallest absolute Gasteiger partial charge is 0.227 e. The van der Waals surface area contributed by atoms with Gasteiger partial charge in [0, 0.05) is 27.7 Å². The summed E-state index contributed by atoms with van der Waals surface area (Å²) in [4.78, 5) is 7.25. The summed E-state index contributed by atoms with van der Waals surface area (Å²) in [5, 5.41) is 6.88. The Bertz CT molecular complexity index is 2520. The molecule has 0 spiro atoms. The predicted octanol–water partition coefficient (Wildman–Crippen LogP) is 12.1. The van der Waals surface area contributed by atoms with Crippen molar-refractivity contribution in [1.82, 2.24) is 4.98 Å². The molecule has 0 aliphatic rings. The van der Waals surface area contributed by atoms with Crippen LogP contribution in [0.4, 0.5) is 17.1 Å². The summed E-state index contributed by atoms with van der Waals surface area (Å²) in [6, 6.07) is 59.9. The Morgan fingerprint density at radius 1 is 0.457 bits per heavy atom. The number of benzene rings is 8. The van der Waals surface area contributed by atoms with Gasteiger partial charge in [-0.3, -0.25) is 0 Å². The lowest BCUT2D eigenvalue weighted by Gasteiger charge is -2.28. The van der Waals surface area contributed by atoms with Crippen molar-refractivity contribution < 1.29 is 4.42 Å². The van der Waals surface area contributed by atoms with Gasteiger partial charge in [-0.05, 0) is 81.2 Å². The topological polar surface area (TPSA) is 29.3 Å². The standard InChI is InChI=1S/C43H28N2O/c1-4-12-29(13-5-1)35-25-27-40(37-19-11-10-18-36(35)37)45(33-16-8-3-9-17-33)34-24-22-30-20-21-31-23-26-39-42(41(31)38(30)28-34)46-43(44-39)32-14-6-2-7-15-32/h1-28H. The monoisotopic (exact) mass is 588 g/mol. The average molecular weight is 589 g/mol. The van der Waals surface area contributed by atoms with E-state index in [0.717, 1.165) is 55.3 Å². The van der Waals surface area contributed by atoms with Gasteiger partial charge in [-0.1, -0.05) is 121 Å². The molecule has 0 radical (unpaired) electrons. The maximum absolute atomic E-state index is 6.53. The molecule has 0 saturated heterocycles. The van der Waals surface area contributed by atoms with Crippen molar-refractivity contribution in [2.24, 2.45) is 0 Å². The highest BCUT2D eigenvalue weighted by Crippen LogP contribution is 2.44. The molecule has 9 rings (SSSR count). The molecule has 0 fully saturated rings. The third kappa shape index (κ3) is 4.33. The van der Waals surface area contributed by atoms with Crippen molar-refractivity contribution in [2.45, 2.75) is 0 Å². The zero-order valence-electron chi connectivity index (χ0n) is 25.0. The molecular formula is C43H28N2O. The summed E-state index contributed by atoms with van der Waals surface area (Å²) in [5.74, 6) is 0.632. The third-order valence-electron chi connectivity index (χ3n) is 8.86. The van der Waals surface area contributed by atoms with Gasteiger partial charge >= 0.3 is 0 Å². The minimum Gasteiger partial charge on any atom is -0.435 e. The van der Waals surface area contributed by atoms with Crippen LogP contribution >= 0.6 is 0 Å². The first kappa shape index (κ1) is 26.2. The molecule has 1 aromatic heterocycles. The number of anilines is 3. The van der Waals surface area contributed by atoms with Gasteiger partial charge in [0.05, 0.1) is 5.69 Å². The largest absolute Gasteiger partial charge is 0.435 e. The summed E-state index contributed by atoms with van der Waals surface area (Å²) in [6.45, 7) is 0. The highest BCUT2D eigenvalue weighted by molar-refractivity contribution is 6.19. The lowest BCUT2D eigenvalue weighted by molar-refractivity contribution is 0.623. The van der Waals surface area contributed by atoms with E-state index in [1.54, 1.807) is 0 Å². The summed E-state index contributed by atoms with van der Waals surface area (Å²) >= 11 is 0. The van der Waals surface area contributed by atoms with Crippen molar-refractivity contribution in [1.29, 1.82) is 0 Å². The molecule has 8 aromatic carbocycles. The number of oxazole rings is 1. The minimum atomic E-state index is 0.632.